The SMILES string of the molecule is Cc1ccc(F)cc1-n1c(CCCl)nc2c(C)nn(C)c21. The highest BCUT2D eigenvalue weighted by Gasteiger charge is 2.19. The van der Waals surface area contributed by atoms with Crippen LogP contribution in [-0.4, -0.2) is 25.2 Å². The summed E-state index contributed by atoms with van der Waals surface area (Å²) in [6.07, 6.45) is 0.617. The van der Waals surface area contributed by atoms with Gasteiger partial charge >= 0.3 is 0 Å². The predicted molar refractivity (Wildman–Crippen MR) is 81.7 cm³/mol. The van der Waals surface area contributed by atoms with Crippen LogP contribution in [0.15, 0.2) is 18.2 Å². The van der Waals surface area contributed by atoms with Crippen molar-refractivity contribution in [1.82, 2.24) is 19.3 Å². The zero-order valence-corrected chi connectivity index (χ0v) is 12.9. The molecule has 3 rings (SSSR count). The van der Waals surface area contributed by atoms with Crippen molar-refractivity contribution in [3.63, 3.8) is 0 Å². The maximum Gasteiger partial charge on any atom is 0.163 e. The number of hydrogen-bond donors (Lipinski definition) is 0. The molecule has 2 aromatic heterocycles. The highest BCUT2D eigenvalue weighted by atomic mass is 35.5. The lowest BCUT2D eigenvalue weighted by molar-refractivity contribution is 0.625. The Balaban J connectivity index is 2.38. The van der Waals surface area contributed by atoms with Crippen molar-refractivity contribution in [3.05, 3.63) is 41.1 Å². The lowest BCUT2D eigenvalue weighted by atomic mass is 10.2. The van der Waals surface area contributed by atoms with E-state index in [-0.39, 0.29) is 5.82 Å². The fourth-order valence-corrected chi connectivity index (χ4v) is 2.82. The van der Waals surface area contributed by atoms with Crippen molar-refractivity contribution in [1.29, 1.82) is 0 Å². The second-order valence-corrected chi connectivity index (χ2v) is 5.49. The van der Waals surface area contributed by atoms with Gasteiger partial charge in [-0.3, -0.25) is 4.57 Å². The maximum absolute atomic E-state index is 13.7. The molecule has 0 atom stereocenters. The summed E-state index contributed by atoms with van der Waals surface area (Å²) in [5, 5.41) is 4.40. The Morgan fingerprint density at radius 1 is 1.29 bits per heavy atom. The molecule has 0 aliphatic rings. The fraction of sp³-hybridized carbons (Fsp3) is 0.333. The minimum Gasteiger partial charge on any atom is -0.280 e. The monoisotopic (exact) mass is 306 g/mol. The number of aromatic nitrogens is 4. The molecule has 0 aliphatic carbocycles. The number of fused-ring (bicyclic) bond motifs is 1. The van der Waals surface area contributed by atoms with Crippen molar-refractivity contribution in [2.75, 3.05) is 5.88 Å². The van der Waals surface area contributed by atoms with Crippen molar-refractivity contribution in [2.24, 2.45) is 7.05 Å². The van der Waals surface area contributed by atoms with Crippen molar-refractivity contribution in [2.45, 2.75) is 20.3 Å². The number of nitrogens with zero attached hydrogens (tertiary/aromatic N) is 4. The molecule has 6 heteroatoms. The Labute approximate surface area is 127 Å². The minimum absolute atomic E-state index is 0.270. The zero-order chi connectivity index (χ0) is 15.1. The van der Waals surface area contributed by atoms with Gasteiger partial charge in [-0.25, -0.2) is 14.1 Å². The third-order valence-corrected chi connectivity index (χ3v) is 3.79. The molecule has 0 bridgehead atoms. The minimum atomic E-state index is -0.270. The van der Waals surface area contributed by atoms with Crippen LogP contribution in [0.1, 0.15) is 17.1 Å². The molecule has 0 N–H and O–H groups in total. The molecule has 0 amide bonds. The second-order valence-electron chi connectivity index (χ2n) is 5.11. The molecule has 0 fully saturated rings. The molecule has 0 saturated heterocycles. The van der Waals surface area contributed by atoms with E-state index >= 15 is 0 Å². The zero-order valence-electron chi connectivity index (χ0n) is 12.2. The molecule has 21 heavy (non-hydrogen) atoms. The number of imidazole rings is 1. The Morgan fingerprint density at radius 3 is 2.76 bits per heavy atom. The van der Waals surface area contributed by atoms with E-state index in [1.54, 1.807) is 10.7 Å². The molecule has 0 spiro atoms. The lowest BCUT2D eigenvalue weighted by Gasteiger charge is -2.12. The van der Waals surface area contributed by atoms with E-state index in [0.717, 1.165) is 33.9 Å². The summed E-state index contributed by atoms with van der Waals surface area (Å²) >= 11 is 5.89. The summed E-state index contributed by atoms with van der Waals surface area (Å²) in [5.41, 5.74) is 4.31. The van der Waals surface area contributed by atoms with Gasteiger partial charge in [-0.15, -0.1) is 11.6 Å². The van der Waals surface area contributed by atoms with Crippen LogP contribution in [-0.2, 0) is 13.5 Å². The van der Waals surface area contributed by atoms with Crippen LogP contribution < -0.4 is 0 Å². The first-order valence-electron chi connectivity index (χ1n) is 6.76. The predicted octanol–water partition coefficient (Wildman–Crippen LogP) is 3.30. The summed E-state index contributed by atoms with van der Waals surface area (Å²) < 4.78 is 17.4. The molecule has 1 aromatic carbocycles. The third kappa shape index (κ3) is 2.21. The van der Waals surface area contributed by atoms with Crippen LogP contribution in [0.25, 0.3) is 16.9 Å². The van der Waals surface area contributed by atoms with Gasteiger partial charge in [0.2, 0.25) is 0 Å². The number of halogens is 2. The van der Waals surface area contributed by atoms with Gasteiger partial charge in [0.1, 0.15) is 17.2 Å². The summed E-state index contributed by atoms with van der Waals surface area (Å²) in [6.45, 7) is 3.87. The van der Waals surface area contributed by atoms with E-state index in [4.69, 9.17) is 11.6 Å². The average Bonchev–Trinajstić information content (AvgIpc) is 2.93. The Bertz CT molecular complexity index is 819. The first-order valence-corrected chi connectivity index (χ1v) is 7.29. The third-order valence-electron chi connectivity index (χ3n) is 3.60. The first-order chi connectivity index (χ1) is 10.0. The summed E-state index contributed by atoms with van der Waals surface area (Å²) in [5.74, 6) is 1.02. The largest absolute Gasteiger partial charge is 0.280 e. The van der Waals surface area contributed by atoms with Crippen molar-refractivity contribution < 1.29 is 4.39 Å². The van der Waals surface area contributed by atoms with E-state index in [2.05, 4.69) is 10.1 Å². The van der Waals surface area contributed by atoms with E-state index in [1.807, 2.05) is 25.5 Å². The Hall–Kier alpha value is -1.88. The van der Waals surface area contributed by atoms with Gasteiger partial charge < -0.3 is 0 Å². The van der Waals surface area contributed by atoms with Crippen LogP contribution >= 0.6 is 11.6 Å². The lowest BCUT2D eigenvalue weighted by Crippen LogP contribution is -2.08. The molecule has 0 radical (unpaired) electrons. The van der Waals surface area contributed by atoms with Gasteiger partial charge in [-0.05, 0) is 31.5 Å². The van der Waals surface area contributed by atoms with Gasteiger partial charge in [0.25, 0.3) is 0 Å². The molecule has 0 unspecified atom stereocenters. The van der Waals surface area contributed by atoms with E-state index in [0.29, 0.717) is 12.3 Å². The Kier molecular flexibility index (Phi) is 3.45. The molecule has 110 valence electrons. The second kappa shape index (κ2) is 5.15. The summed E-state index contributed by atoms with van der Waals surface area (Å²) in [6, 6.07) is 4.75. The molecular formula is C15H16ClFN4. The maximum atomic E-state index is 13.7. The Morgan fingerprint density at radius 2 is 2.05 bits per heavy atom. The normalized spacial score (nSPS) is 11.5. The van der Waals surface area contributed by atoms with Crippen LogP contribution in [0, 0.1) is 19.7 Å². The fourth-order valence-electron chi connectivity index (χ4n) is 2.65. The topological polar surface area (TPSA) is 35.6 Å². The smallest absolute Gasteiger partial charge is 0.163 e. The number of hydrogen-bond acceptors (Lipinski definition) is 2. The van der Waals surface area contributed by atoms with Crippen molar-refractivity contribution in [3.8, 4) is 5.69 Å². The van der Waals surface area contributed by atoms with E-state index < -0.39 is 0 Å². The van der Waals surface area contributed by atoms with Crippen LogP contribution in [0.5, 0.6) is 0 Å². The van der Waals surface area contributed by atoms with Crippen LogP contribution in [0.2, 0.25) is 0 Å². The van der Waals surface area contributed by atoms with Crippen molar-refractivity contribution >= 4 is 22.8 Å². The van der Waals surface area contributed by atoms with Gasteiger partial charge in [0.15, 0.2) is 5.65 Å². The van der Waals surface area contributed by atoms with Gasteiger partial charge in [0.05, 0.1) is 11.4 Å². The molecular weight excluding hydrogens is 291 g/mol. The standard InChI is InChI=1S/C15H16ClFN4/c1-9-4-5-11(17)8-12(9)21-13(6-7-16)18-14-10(2)19-20(3)15(14)21/h4-5,8H,6-7H2,1-3H3. The number of alkyl halides is 1. The molecule has 2 heterocycles. The van der Waals surface area contributed by atoms with Gasteiger partial charge in [0, 0.05) is 19.3 Å². The average molecular weight is 307 g/mol. The quantitative estimate of drug-likeness (QED) is 0.696. The molecule has 4 nitrogen and oxygen atoms in total. The number of aryl methyl sites for hydroxylation is 4. The number of benzene rings is 1. The molecule has 3 aromatic rings. The number of rotatable bonds is 3. The molecule has 0 aliphatic heterocycles. The van der Waals surface area contributed by atoms with E-state index in [9.17, 15) is 4.39 Å². The van der Waals surface area contributed by atoms with Crippen LogP contribution in [0.4, 0.5) is 4.39 Å². The van der Waals surface area contributed by atoms with Gasteiger partial charge in [-0.2, -0.15) is 5.10 Å². The summed E-state index contributed by atoms with van der Waals surface area (Å²) in [4.78, 5) is 4.64. The van der Waals surface area contributed by atoms with Crippen LogP contribution in [0.3, 0.4) is 0 Å². The van der Waals surface area contributed by atoms with Gasteiger partial charge in [-0.1, -0.05) is 6.07 Å². The highest BCUT2D eigenvalue weighted by molar-refractivity contribution is 6.17. The highest BCUT2D eigenvalue weighted by Crippen LogP contribution is 2.26. The van der Waals surface area contributed by atoms with E-state index in [1.165, 1.54) is 12.1 Å². The molecule has 0 saturated carbocycles. The summed E-state index contributed by atoms with van der Waals surface area (Å²) in [7, 11) is 1.87. The first kappa shape index (κ1) is 14.1.